The Morgan fingerprint density at radius 2 is 1.48 bits per heavy atom. The normalized spacial score (nSPS) is 15.3. The molecule has 0 bridgehead atoms. The van der Waals surface area contributed by atoms with E-state index in [9.17, 15) is 4.79 Å². The number of carbonyl (C=O) groups is 1. The third-order valence-corrected chi connectivity index (χ3v) is 4.24. The van der Waals surface area contributed by atoms with Crippen LogP contribution < -0.4 is 0 Å². The molecule has 0 saturated carbocycles. The van der Waals surface area contributed by atoms with Crippen molar-refractivity contribution in [2.75, 3.05) is 0 Å². The predicted octanol–water partition coefficient (Wildman–Crippen LogP) is 6.94. The summed E-state index contributed by atoms with van der Waals surface area (Å²) in [4.78, 5) is 10.2. The zero-order valence-corrected chi connectivity index (χ0v) is 20.4. The average molecular weight is 399 g/mol. The Kier molecular flexibility index (Phi) is 23.9. The second-order valence-corrected chi connectivity index (χ2v) is 7.83. The van der Waals surface area contributed by atoms with Gasteiger partial charge < -0.3 is 10.5 Å². The van der Waals surface area contributed by atoms with Crippen molar-refractivity contribution in [1.82, 2.24) is 0 Å². The topological polar surface area (TPSA) is 40.9 Å². The van der Waals surface area contributed by atoms with E-state index in [1.54, 1.807) is 0 Å². The van der Waals surface area contributed by atoms with Gasteiger partial charge in [-0.1, -0.05) is 85.2 Å². The molecule has 1 N–H and O–H groups in total. The minimum atomic E-state index is -0.413. The molecule has 2 nitrogen and oxygen atoms in total. The molecule has 0 aliphatic heterocycles. The Morgan fingerprint density at radius 3 is 1.76 bits per heavy atom. The van der Waals surface area contributed by atoms with Crippen LogP contribution in [-0.2, 0) is 26.5 Å². The maximum absolute atomic E-state index is 10.2. The molecule has 143 valence electrons. The zero-order valence-electron chi connectivity index (χ0n) is 17.7. The standard InChI is InChI=1S/C10H21NO.C9H13.C2H7Si.Ti/c1-2-3-4-5-6-7-8-9-10(11)12;1-6-5-7(2)9(4)8(6)3;1-3-2;/h2-9H2,1H3,(H2,11,12);6H,1-4H3;3H,1-2H3;/q;-1;;+2/p-1. The van der Waals surface area contributed by atoms with Gasteiger partial charge in [0.1, 0.15) is 0 Å². The Hall–Kier alpha value is -0.119. The van der Waals surface area contributed by atoms with Gasteiger partial charge in [-0.05, 0) is 12.8 Å². The Morgan fingerprint density at radius 1 is 1.04 bits per heavy atom. The molecule has 1 radical (unpaired) electrons. The van der Waals surface area contributed by atoms with E-state index in [-0.39, 0.29) is 21.7 Å². The number of hydrogen-bond acceptors (Lipinski definition) is 1. The minimum absolute atomic E-state index is 0. The largest absolute Gasteiger partial charge is 2.00 e. The van der Waals surface area contributed by atoms with Crippen LogP contribution in [0.2, 0.25) is 13.1 Å². The first-order valence-corrected chi connectivity index (χ1v) is 11.9. The summed E-state index contributed by atoms with van der Waals surface area (Å²) in [5, 5.41) is 0. The third kappa shape index (κ3) is 18.5. The van der Waals surface area contributed by atoms with Crippen molar-refractivity contribution >= 4 is 15.4 Å². The summed E-state index contributed by atoms with van der Waals surface area (Å²) in [6.45, 7) is 15.3. The van der Waals surface area contributed by atoms with Crippen molar-refractivity contribution in [1.29, 1.82) is 0 Å². The van der Waals surface area contributed by atoms with Crippen molar-refractivity contribution in [3.63, 3.8) is 0 Å². The molecule has 1 unspecified atom stereocenters. The quantitative estimate of drug-likeness (QED) is 0.248. The number of hydrogen-bond donors (Lipinski definition) is 0. The first-order chi connectivity index (χ1) is 11.3. The van der Waals surface area contributed by atoms with Crippen molar-refractivity contribution in [2.45, 2.75) is 99.1 Å². The van der Waals surface area contributed by atoms with E-state index in [0.29, 0.717) is 12.3 Å². The molecule has 25 heavy (non-hydrogen) atoms. The van der Waals surface area contributed by atoms with E-state index >= 15 is 0 Å². The van der Waals surface area contributed by atoms with Crippen LogP contribution >= 0.6 is 0 Å². The summed E-state index contributed by atoms with van der Waals surface area (Å²) in [5.74, 6) is 0.147. The van der Waals surface area contributed by atoms with Crippen LogP contribution in [0, 0.1) is 12.0 Å². The van der Waals surface area contributed by atoms with Crippen LogP contribution in [0.3, 0.4) is 0 Å². The molecule has 0 spiro atoms. The molecular formula is C21H40NOSiTi. The third-order valence-electron chi connectivity index (χ3n) is 4.24. The SMILES string of the molecule is CC1=[C-]C(C)C(C)=C1C.CCCCCCCCCC([NH-])=O.C[SiH]C.[Ti+2]. The van der Waals surface area contributed by atoms with E-state index in [2.05, 4.69) is 53.8 Å². The van der Waals surface area contributed by atoms with Gasteiger partial charge in [0.2, 0.25) is 0 Å². The smallest absolute Gasteiger partial charge is 0.668 e. The summed E-state index contributed by atoms with van der Waals surface area (Å²) < 4.78 is 0. The van der Waals surface area contributed by atoms with Gasteiger partial charge in [0, 0.05) is 15.4 Å². The van der Waals surface area contributed by atoms with Gasteiger partial charge in [0.25, 0.3) is 0 Å². The van der Waals surface area contributed by atoms with Gasteiger partial charge in [-0.2, -0.15) is 11.1 Å². The van der Waals surface area contributed by atoms with Crippen molar-refractivity contribution < 1.29 is 26.5 Å². The number of amides is 1. The van der Waals surface area contributed by atoms with Crippen LogP contribution in [0.5, 0.6) is 0 Å². The van der Waals surface area contributed by atoms with Crippen molar-refractivity contribution in [3.8, 4) is 0 Å². The summed E-state index contributed by atoms with van der Waals surface area (Å²) in [6, 6.07) is 0. The molecule has 1 rings (SSSR count). The number of allylic oxidation sites excluding steroid dienone is 4. The molecule has 0 aromatic rings. The fourth-order valence-corrected chi connectivity index (χ4v) is 2.40. The minimum Gasteiger partial charge on any atom is -0.668 e. The van der Waals surface area contributed by atoms with E-state index in [1.165, 1.54) is 48.8 Å². The predicted molar refractivity (Wildman–Crippen MR) is 111 cm³/mol. The molecule has 1 aliphatic rings. The van der Waals surface area contributed by atoms with Crippen molar-refractivity contribution in [2.24, 2.45) is 5.92 Å². The van der Waals surface area contributed by atoms with Gasteiger partial charge >= 0.3 is 21.7 Å². The van der Waals surface area contributed by atoms with Crippen LogP contribution in [-0.4, -0.2) is 15.4 Å². The number of rotatable bonds is 8. The monoisotopic (exact) mass is 398 g/mol. The number of unbranched alkanes of at least 4 members (excludes halogenated alkanes) is 6. The van der Waals surface area contributed by atoms with E-state index < -0.39 is 5.91 Å². The number of nitrogens with one attached hydrogen (secondary N) is 1. The van der Waals surface area contributed by atoms with Crippen molar-refractivity contribution in [3.05, 3.63) is 28.5 Å². The molecule has 4 heteroatoms. The maximum atomic E-state index is 10.2. The second kappa shape index (κ2) is 20.2. The van der Waals surface area contributed by atoms with Gasteiger partial charge in [0.05, 0.1) is 0 Å². The van der Waals surface area contributed by atoms with E-state index in [0.717, 1.165) is 22.4 Å². The van der Waals surface area contributed by atoms with Gasteiger partial charge in [-0.3, -0.25) is 6.08 Å². The Labute approximate surface area is 175 Å². The van der Waals surface area contributed by atoms with Gasteiger partial charge in [-0.15, -0.1) is 6.92 Å². The maximum Gasteiger partial charge on any atom is 2.00 e. The number of carbonyl (C=O) groups excluding carboxylic acids is 1. The molecule has 0 aromatic heterocycles. The fraction of sp³-hybridized carbons (Fsp3) is 0.762. The summed E-state index contributed by atoms with van der Waals surface area (Å²) in [6.07, 6.45) is 12.3. The second-order valence-electron chi connectivity index (χ2n) is 6.67. The van der Waals surface area contributed by atoms with E-state index in [4.69, 9.17) is 5.73 Å². The van der Waals surface area contributed by atoms with Crippen LogP contribution in [0.15, 0.2) is 16.7 Å². The molecular weight excluding hydrogens is 358 g/mol. The summed E-state index contributed by atoms with van der Waals surface area (Å²) in [7, 11) is 0.750. The molecule has 0 aromatic carbocycles. The van der Waals surface area contributed by atoms with Gasteiger partial charge in [0.15, 0.2) is 0 Å². The molecule has 1 atom stereocenters. The first-order valence-electron chi connectivity index (χ1n) is 9.57. The first kappa shape index (κ1) is 29.6. The molecule has 0 heterocycles. The van der Waals surface area contributed by atoms with Gasteiger partial charge in [-0.25, -0.2) is 5.57 Å². The van der Waals surface area contributed by atoms with E-state index in [1.807, 2.05) is 0 Å². The van der Waals surface area contributed by atoms with Crippen LogP contribution in [0.1, 0.15) is 86.0 Å². The van der Waals surface area contributed by atoms with Crippen LogP contribution in [0.25, 0.3) is 5.73 Å². The summed E-state index contributed by atoms with van der Waals surface area (Å²) >= 11 is 0. The zero-order chi connectivity index (χ0) is 19.0. The van der Waals surface area contributed by atoms with Crippen LogP contribution in [0.4, 0.5) is 0 Å². The molecule has 1 amide bonds. The Balaban J connectivity index is -0.000000330. The average Bonchev–Trinajstić information content (AvgIpc) is 2.74. The summed E-state index contributed by atoms with van der Waals surface area (Å²) in [5.41, 5.74) is 10.9. The molecule has 1 aliphatic carbocycles. The fourth-order valence-electron chi connectivity index (χ4n) is 2.40. The molecule has 0 saturated heterocycles. The molecule has 0 fully saturated rings. The Bertz CT molecular complexity index is 391.